The fourth-order valence-electron chi connectivity index (χ4n) is 0.516. The average molecular weight is 114 g/mol. The Hall–Kier alpha value is -0.530. The minimum atomic E-state index is 0.352. The van der Waals surface area contributed by atoms with E-state index in [1.165, 1.54) is 0 Å². The van der Waals surface area contributed by atoms with Crippen LogP contribution in [-0.2, 0) is 0 Å². The van der Waals surface area contributed by atoms with Crippen molar-refractivity contribution in [3.63, 3.8) is 0 Å². The lowest BCUT2D eigenvalue weighted by Crippen LogP contribution is -2.25. The lowest BCUT2D eigenvalue weighted by atomic mass is 10.2. The Morgan fingerprint density at radius 1 is 1.38 bits per heavy atom. The van der Waals surface area contributed by atoms with Gasteiger partial charge in [-0.2, -0.15) is 0 Å². The highest BCUT2D eigenvalue weighted by atomic mass is 15.1. The first kappa shape index (κ1) is 7.47. The normalized spacial score (nSPS) is 9.62. The van der Waals surface area contributed by atoms with Crippen LogP contribution in [0.1, 0.15) is 13.8 Å². The van der Waals surface area contributed by atoms with Crippen LogP contribution < -0.4 is 0 Å². The summed E-state index contributed by atoms with van der Waals surface area (Å²) in [6, 6.07) is 0. The number of rotatable bonds is 1. The van der Waals surface area contributed by atoms with Crippen LogP contribution >= 0.6 is 0 Å². The van der Waals surface area contributed by atoms with Crippen molar-refractivity contribution < 1.29 is 0 Å². The third-order valence-corrected chi connectivity index (χ3v) is 1.03. The van der Waals surface area contributed by atoms with E-state index in [-0.39, 0.29) is 0 Å². The minimum absolute atomic E-state index is 0.352. The number of nitrogens with zero attached hydrogens (tertiary/aromatic N) is 1. The Morgan fingerprint density at radius 2 is 1.75 bits per heavy atom. The van der Waals surface area contributed by atoms with E-state index in [0.29, 0.717) is 11.8 Å². The van der Waals surface area contributed by atoms with Crippen LogP contribution in [0, 0.1) is 11.3 Å². The smallest absolute Gasteiger partial charge is 0.0978 e. The number of hydrogen-bond acceptors (Lipinski definition) is 1. The van der Waals surface area contributed by atoms with Crippen LogP contribution in [0.2, 0.25) is 0 Å². The molecule has 0 rings (SSSR count). The monoisotopic (exact) mass is 114 g/mol. The van der Waals surface area contributed by atoms with E-state index in [0.717, 1.165) is 0 Å². The van der Waals surface area contributed by atoms with Gasteiger partial charge < -0.3 is 4.90 Å². The molecule has 2 nitrogen and oxygen atoms in total. The Bertz CT molecular complexity index is 74.5. The Morgan fingerprint density at radius 3 is 1.75 bits per heavy atom. The van der Waals surface area contributed by atoms with Crippen LogP contribution in [0.25, 0.3) is 0 Å². The van der Waals surface area contributed by atoms with Gasteiger partial charge in [0, 0.05) is 20.0 Å². The molecule has 48 valence electrons. The zero-order valence-electron chi connectivity index (χ0n) is 6.02. The number of nitrogens with one attached hydrogen (secondary N) is 1. The molecule has 0 bridgehead atoms. The van der Waals surface area contributed by atoms with Crippen molar-refractivity contribution in [3.05, 3.63) is 0 Å². The van der Waals surface area contributed by atoms with Gasteiger partial charge in [0.25, 0.3) is 0 Å². The molecule has 1 N–H and O–H groups in total. The number of hydrogen-bond donors (Lipinski definition) is 1. The van der Waals surface area contributed by atoms with E-state index in [1.807, 2.05) is 32.8 Å². The topological polar surface area (TPSA) is 27.1 Å². The summed E-state index contributed by atoms with van der Waals surface area (Å²) in [5, 5.41) is 7.32. The molecule has 0 spiro atoms. The summed E-state index contributed by atoms with van der Waals surface area (Å²) in [5.74, 6) is 1.04. The molecule has 0 heterocycles. The van der Waals surface area contributed by atoms with Crippen molar-refractivity contribution in [2.45, 2.75) is 13.8 Å². The molecule has 0 atom stereocenters. The van der Waals surface area contributed by atoms with Gasteiger partial charge in [0.15, 0.2) is 0 Å². The molecule has 0 aliphatic heterocycles. The predicted octanol–water partition coefficient (Wildman–Crippen LogP) is 1.18. The molecule has 8 heavy (non-hydrogen) atoms. The first-order valence-corrected chi connectivity index (χ1v) is 2.81. The lowest BCUT2D eigenvalue weighted by Gasteiger charge is -2.15. The second-order valence-electron chi connectivity index (χ2n) is 2.43. The Kier molecular flexibility index (Phi) is 2.52. The van der Waals surface area contributed by atoms with E-state index in [4.69, 9.17) is 5.41 Å². The molecule has 0 saturated heterocycles. The van der Waals surface area contributed by atoms with Crippen molar-refractivity contribution in [2.24, 2.45) is 5.92 Å². The first-order chi connectivity index (χ1) is 3.55. The summed E-state index contributed by atoms with van der Waals surface area (Å²) < 4.78 is 0. The fourth-order valence-corrected chi connectivity index (χ4v) is 0.516. The maximum absolute atomic E-state index is 7.32. The van der Waals surface area contributed by atoms with Gasteiger partial charge in [0.2, 0.25) is 0 Å². The van der Waals surface area contributed by atoms with Crippen LogP contribution in [0.4, 0.5) is 0 Å². The largest absolute Gasteiger partial charge is 0.366 e. The summed E-state index contributed by atoms with van der Waals surface area (Å²) in [4.78, 5) is 1.82. The second-order valence-corrected chi connectivity index (χ2v) is 2.43. The van der Waals surface area contributed by atoms with E-state index < -0.39 is 0 Å². The molecule has 0 aromatic heterocycles. The zero-order chi connectivity index (χ0) is 6.73. The maximum atomic E-state index is 7.32. The van der Waals surface area contributed by atoms with Gasteiger partial charge in [-0.15, -0.1) is 0 Å². The van der Waals surface area contributed by atoms with Gasteiger partial charge in [-0.3, -0.25) is 5.41 Å². The average Bonchev–Trinajstić information content (AvgIpc) is 1.64. The molecular formula is C6H14N2. The van der Waals surface area contributed by atoms with Gasteiger partial charge in [-0.05, 0) is 0 Å². The van der Waals surface area contributed by atoms with Crippen molar-refractivity contribution in [1.29, 1.82) is 5.41 Å². The summed E-state index contributed by atoms with van der Waals surface area (Å²) in [6.45, 7) is 4.03. The second kappa shape index (κ2) is 2.70. The Balaban J connectivity index is 3.65. The predicted molar refractivity (Wildman–Crippen MR) is 36.3 cm³/mol. The van der Waals surface area contributed by atoms with Crippen LogP contribution in [0.5, 0.6) is 0 Å². The highest BCUT2D eigenvalue weighted by Gasteiger charge is 2.01. The van der Waals surface area contributed by atoms with Crippen molar-refractivity contribution in [2.75, 3.05) is 14.1 Å². The standard InChI is InChI=1S/C6H14N2/c1-5(2)6(7)8(3)4/h5,7H,1-4H3. The SMILES string of the molecule is CC(C)C(=N)N(C)C. The molecule has 2 heteroatoms. The van der Waals surface area contributed by atoms with Gasteiger partial charge in [-0.25, -0.2) is 0 Å². The summed E-state index contributed by atoms with van der Waals surface area (Å²) in [5.41, 5.74) is 0. The molecule has 0 radical (unpaired) electrons. The third-order valence-electron chi connectivity index (χ3n) is 1.03. The van der Waals surface area contributed by atoms with Gasteiger partial charge in [0.05, 0.1) is 5.84 Å². The summed E-state index contributed by atoms with van der Waals surface area (Å²) in [7, 11) is 3.78. The van der Waals surface area contributed by atoms with E-state index in [9.17, 15) is 0 Å². The molecule has 0 amide bonds. The molecule has 0 fully saturated rings. The molecule has 0 aromatic rings. The quantitative estimate of drug-likeness (QED) is 0.402. The van der Waals surface area contributed by atoms with Crippen molar-refractivity contribution >= 4 is 5.84 Å². The van der Waals surface area contributed by atoms with E-state index in [1.54, 1.807) is 0 Å². The van der Waals surface area contributed by atoms with Crippen molar-refractivity contribution in [3.8, 4) is 0 Å². The van der Waals surface area contributed by atoms with Gasteiger partial charge >= 0.3 is 0 Å². The van der Waals surface area contributed by atoms with Gasteiger partial charge in [0.1, 0.15) is 0 Å². The number of amidine groups is 1. The first-order valence-electron chi connectivity index (χ1n) is 2.81. The molecule has 0 aliphatic carbocycles. The zero-order valence-corrected chi connectivity index (χ0v) is 6.02. The molecule has 0 saturated carbocycles. The molecular weight excluding hydrogens is 100 g/mol. The molecule has 0 aliphatic rings. The third kappa shape index (κ3) is 1.96. The Labute approximate surface area is 51.0 Å². The van der Waals surface area contributed by atoms with E-state index >= 15 is 0 Å². The fraction of sp³-hybridized carbons (Fsp3) is 0.833. The van der Waals surface area contributed by atoms with E-state index in [2.05, 4.69) is 0 Å². The molecule has 0 aromatic carbocycles. The van der Waals surface area contributed by atoms with Crippen LogP contribution in [0.15, 0.2) is 0 Å². The van der Waals surface area contributed by atoms with Crippen LogP contribution in [-0.4, -0.2) is 24.8 Å². The highest BCUT2D eigenvalue weighted by Crippen LogP contribution is 1.95. The maximum Gasteiger partial charge on any atom is 0.0978 e. The van der Waals surface area contributed by atoms with Crippen LogP contribution in [0.3, 0.4) is 0 Å². The summed E-state index contributed by atoms with van der Waals surface area (Å²) >= 11 is 0. The van der Waals surface area contributed by atoms with Crippen molar-refractivity contribution in [1.82, 2.24) is 4.90 Å². The highest BCUT2D eigenvalue weighted by molar-refractivity contribution is 5.80. The summed E-state index contributed by atoms with van der Waals surface area (Å²) in [6.07, 6.45) is 0. The lowest BCUT2D eigenvalue weighted by molar-refractivity contribution is 0.569. The minimum Gasteiger partial charge on any atom is -0.366 e. The van der Waals surface area contributed by atoms with Gasteiger partial charge in [-0.1, -0.05) is 13.8 Å². The molecule has 0 unspecified atom stereocenters.